The maximum atomic E-state index is 12.9. The van der Waals surface area contributed by atoms with Crippen molar-refractivity contribution < 1.29 is 24.2 Å². The van der Waals surface area contributed by atoms with Gasteiger partial charge in [-0.1, -0.05) is 29.4 Å². The number of oxime groups is 1. The summed E-state index contributed by atoms with van der Waals surface area (Å²) in [5.74, 6) is 1.30. The molecule has 1 atom stereocenters. The summed E-state index contributed by atoms with van der Waals surface area (Å²) in [7, 11) is 1.47. The first-order chi connectivity index (χ1) is 13.2. The van der Waals surface area contributed by atoms with Crippen LogP contribution >= 0.6 is 0 Å². The molecule has 2 aromatic rings. The number of nitrogens with zero attached hydrogens (tertiary/aromatic N) is 2. The summed E-state index contributed by atoms with van der Waals surface area (Å²) >= 11 is 0. The van der Waals surface area contributed by atoms with Crippen LogP contribution in [0.25, 0.3) is 11.1 Å². The topological polar surface area (TPSA) is 80.6 Å². The Hall–Kier alpha value is -3.06. The average molecular weight is 368 g/mol. The van der Waals surface area contributed by atoms with Crippen LogP contribution in [0.5, 0.6) is 11.5 Å². The molecule has 140 valence electrons. The minimum atomic E-state index is -0.283. The molecule has 1 amide bonds. The minimum Gasteiger partial charge on any atom is -0.454 e. The quantitative estimate of drug-likeness (QED) is 0.838. The van der Waals surface area contributed by atoms with Crippen molar-refractivity contribution >= 4 is 11.6 Å². The Kier molecular flexibility index (Phi) is 4.68. The fraction of sp³-hybridized carbons (Fsp3) is 0.300. The van der Waals surface area contributed by atoms with E-state index in [1.54, 1.807) is 17.0 Å². The number of para-hydroxylation sites is 1. The Morgan fingerprint density at radius 2 is 2.07 bits per heavy atom. The molecule has 27 heavy (non-hydrogen) atoms. The molecule has 0 saturated carbocycles. The second-order valence-corrected chi connectivity index (χ2v) is 6.43. The van der Waals surface area contributed by atoms with Gasteiger partial charge in [-0.3, -0.25) is 4.79 Å². The van der Waals surface area contributed by atoms with E-state index in [9.17, 15) is 9.90 Å². The van der Waals surface area contributed by atoms with Gasteiger partial charge >= 0.3 is 0 Å². The SMILES string of the molecule is CO/N=C1\CC(CO)N(C(=O)c2ccc(-c3cccc4c3OCO4)cc2)C1. The number of fused-ring (bicyclic) bond motifs is 1. The lowest BCUT2D eigenvalue weighted by atomic mass is 10.0. The van der Waals surface area contributed by atoms with Crippen LogP contribution in [-0.2, 0) is 4.84 Å². The lowest BCUT2D eigenvalue weighted by molar-refractivity contribution is 0.0680. The third kappa shape index (κ3) is 3.21. The van der Waals surface area contributed by atoms with Crippen LogP contribution in [0.15, 0.2) is 47.6 Å². The van der Waals surface area contributed by atoms with Gasteiger partial charge in [0.1, 0.15) is 7.11 Å². The predicted molar refractivity (Wildman–Crippen MR) is 99.0 cm³/mol. The van der Waals surface area contributed by atoms with E-state index in [2.05, 4.69) is 5.16 Å². The van der Waals surface area contributed by atoms with Crippen molar-refractivity contribution in [1.82, 2.24) is 4.90 Å². The predicted octanol–water partition coefficient (Wildman–Crippen LogP) is 2.29. The standard InChI is InChI=1S/C20H20N2O5/c1-25-21-15-9-16(11-23)22(10-15)20(24)14-7-5-13(6-8-14)17-3-2-4-18-19(17)27-12-26-18/h2-8,16,23H,9-12H2,1H3/b21-15+. The molecule has 0 aliphatic carbocycles. The first kappa shape index (κ1) is 17.4. The monoisotopic (exact) mass is 368 g/mol. The van der Waals surface area contributed by atoms with Crippen LogP contribution in [0.4, 0.5) is 0 Å². The van der Waals surface area contributed by atoms with E-state index in [4.69, 9.17) is 14.3 Å². The molecule has 0 spiro atoms. The highest BCUT2D eigenvalue weighted by atomic mass is 16.7. The van der Waals surface area contributed by atoms with E-state index >= 15 is 0 Å². The maximum absolute atomic E-state index is 12.9. The number of hydrogen-bond acceptors (Lipinski definition) is 6. The van der Waals surface area contributed by atoms with Crippen LogP contribution < -0.4 is 9.47 Å². The smallest absolute Gasteiger partial charge is 0.254 e. The van der Waals surface area contributed by atoms with Crippen molar-refractivity contribution in [3.63, 3.8) is 0 Å². The Labute approximate surface area is 156 Å². The Balaban J connectivity index is 1.57. The molecular weight excluding hydrogens is 348 g/mol. The van der Waals surface area contributed by atoms with Gasteiger partial charge in [0.25, 0.3) is 5.91 Å². The Bertz CT molecular complexity index is 878. The van der Waals surface area contributed by atoms with Gasteiger partial charge < -0.3 is 24.3 Å². The molecule has 7 nitrogen and oxygen atoms in total. The van der Waals surface area contributed by atoms with Crippen molar-refractivity contribution in [2.24, 2.45) is 5.16 Å². The van der Waals surface area contributed by atoms with Gasteiger partial charge in [-0.05, 0) is 23.8 Å². The van der Waals surface area contributed by atoms with Gasteiger partial charge in [0.15, 0.2) is 11.5 Å². The second kappa shape index (κ2) is 7.28. The molecule has 2 aliphatic heterocycles. The molecular formula is C20H20N2O5. The first-order valence-electron chi connectivity index (χ1n) is 8.71. The zero-order valence-corrected chi connectivity index (χ0v) is 14.9. The number of amides is 1. The van der Waals surface area contributed by atoms with Gasteiger partial charge in [0, 0.05) is 17.5 Å². The molecule has 1 fully saturated rings. The first-order valence-corrected chi connectivity index (χ1v) is 8.71. The van der Waals surface area contributed by atoms with Crippen molar-refractivity contribution in [3.8, 4) is 22.6 Å². The zero-order chi connectivity index (χ0) is 18.8. The second-order valence-electron chi connectivity index (χ2n) is 6.43. The van der Waals surface area contributed by atoms with Gasteiger partial charge in [-0.25, -0.2) is 0 Å². The molecule has 2 heterocycles. The molecule has 1 N–H and O–H groups in total. The van der Waals surface area contributed by atoms with E-state index in [1.165, 1.54) is 7.11 Å². The maximum Gasteiger partial charge on any atom is 0.254 e. The van der Waals surface area contributed by atoms with E-state index in [0.717, 1.165) is 28.3 Å². The summed E-state index contributed by atoms with van der Waals surface area (Å²) in [6.07, 6.45) is 0.516. The van der Waals surface area contributed by atoms with Crippen molar-refractivity contribution in [3.05, 3.63) is 48.0 Å². The zero-order valence-electron chi connectivity index (χ0n) is 14.9. The molecule has 0 radical (unpaired) electrons. The number of likely N-dealkylation sites (tertiary alicyclic amines) is 1. The highest BCUT2D eigenvalue weighted by Gasteiger charge is 2.33. The van der Waals surface area contributed by atoms with Crippen LogP contribution in [0.3, 0.4) is 0 Å². The summed E-state index contributed by atoms with van der Waals surface area (Å²) in [4.78, 5) is 19.3. The molecule has 4 rings (SSSR count). The number of aliphatic hydroxyl groups excluding tert-OH is 1. The van der Waals surface area contributed by atoms with Crippen LogP contribution in [0, 0.1) is 0 Å². The number of carbonyl (C=O) groups is 1. The number of rotatable bonds is 4. The Morgan fingerprint density at radius 1 is 1.26 bits per heavy atom. The molecule has 2 aromatic carbocycles. The fourth-order valence-corrected chi connectivity index (χ4v) is 3.48. The van der Waals surface area contributed by atoms with Crippen molar-refractivity contribution in [2.75, 3.05) is 27.1 Å². The summed E-state index contributed by atoms with van der Waals surface area (Å²) in [5.41, 5.74) is 3.17. The lowest BCUT2D eigenvalue weighted by Gasteiger charge is -2.22. The third-order valence-electron chi connectivity index (χ3n) is 4.80. The van der Waals surface area contributed by atoms with E-state index < -0.39 is 0 Å². The van der Waals surface area contributed by atoms with E-state index in [-0.39, 0.29) is 25.3 Å². The average Bonchev–Trinajstić information content (AvgIpc) is 3.34. The van der Waals surface area contributed by atoms with Gasteiger partial charge in [0.05, 0.1) is 24.9 Å². The van der Waals surface area contributed by atoms with Crippen LogP contribution in [-0.4, -0.2) is 54.7 Å². The summed E-state index contributed by atoms with van der Waals surface area (Å²) in [6, 6.07) is 12.8. The van der Waals surface area contributed by atoms with E-state index in [0.29, 0.717) is 18.5 Å². The van der Waals surface area contributed by atoms with Crippen molar-refractivity contribution in [1.29, 1.82) is 0 Å². The highest BCUT2D eigenvalue weighted by molar-refractivity contribution is 6.00. The number of hydrogen-bond donors (Lipinski definition) is 1. The molecule has 7 heteroatoms. The fourth-order valence-electron chi connectivity index (χ4n) is 3.48. The number of ether oxygens (including phenoxy) is 2. The number of aliphatic hydroxyl groups is 1. The number of benzene rings is 2. The molecule has 0 bridgehead atoms. The summed E-state index contributed by atoms with van der Waals surface area (Å²) in [6.45, 7) is 0.461. The molecule has 0 aromatic heterocycles. The molecule has 2 aliphatic rings. The largest absolute Gasteiger partial charge is 0.454 e. The van der Waals surface area contributed by atoms with Gasteiger partial charge in [-0.2, -0.15) is 0 Å². The molecule has 1 saturated heterocycles. The molecule has 1 unspecified atom stereocenters. The minimum absolute atomic E-state index is 0.111. The van der Waals surface area contributed by atoms with Crippen LogP contribution in [0.2, 0.25) is 0 Å². The number of carbonyl (C=O) groups excluding carboxylic acids is 1. The summed E-state index contributed by atoms with van der Waals surface area (Å²) in [5, 5.41) is 13.5. The van der Waals surface area contributed by atoms with Crippen LogP contribution in [0.1, 0.15) is 16.8 Å². The van der Waals surface area contributed by atoms with Gasteiger partial charge in [-0.15, -0.1) is 0 Å². The lowest BCUT2D eigenvalue weighted by Crippen LogP contribution is -2.37. The van der Waals surface area contributed by atoms with E-state index in [1.807, 2.05) is 30.3 Å². The Morgan fingerprint density at radius 3 is 2.81 bits per heavy atom. The summed E-state index contributed by atoms with van der Waals surface area (Å²) < 4.78 is 11.0. The third-order valence-corrected chi connectivity index (χ3v) is 4.80. The normalized spacial score (nSPS) is 19.6. The van der Waals surface area contributed by atoms with Gasteiger partial charge in [0.2, 0.25) is 6.79 Å². The van der Waals surface area contributed by atoms with Crippen molar-refractivity contribution in [2.45, 2.75) is 12.5 Å². The highest BCUT2D eigenvalue weighted by Crippen LogP contribution is 2.41.